The highest BCUT2D eigenvalue weighted by Gasteiger charge is 1.98. The lowest BCUT2D eigenvalue weighted by Crippen LogP contribution is -1.88. The Kier molecular flexibility index (Phi) is 2.49. The Bertz CT molecular complexity index is 176. The van der Waals surface area contributed by atoms with E-state index in [4.69, 9.17) is 0 Å². The van der Waals surface area contributed by atoms with Gasteiger partial charge in [-0.15, -0.1) is 0 Å². The highest BCUT2D eigenvalue weighted by atomic mass is 14.0. The van der Waals surface area contributed by atoms with E-state index in [0.717, 1.165) is 0 Å². The number of benzene rings is 1. The molecule has 1 atom stereocenters. The molecule has 54 valence electrons. The fourth-order valence-corrected chi connectivity index (χ4v) is 1.02. The highest BCUT2D eigenvalue weighted by molar-refractivity contribution is 5.18. The maximum atomic E-state index is 2.26. The molecule has 0 N–H and O–H groups in total. The van der Waals surface area contributed by atoms with Crippen LogP contribution >= 0.6 is 0 Å². The minimum absolute atomic E-state index is 0.709. The van der Waals surface area contributed by atoms with Crippen LogP contribution in [0.4, 0.5) is 0 Å². The fraction of sp³-hybridized carbons (Fsp3) is 0.400. The van der Waals surface area contributed by atoms with Crippen LogP contribution in [0.3, 0.4) is 0 Å². The maximum absolute atomic E-state index is 2.26. The molecule has 0 amide bonds. The van der Waals surface area contributed by atoms with Crippen molar-refractivity contribution >= 4 is 0 Å². The quantitative estimate of drug-likeness (QED) is 0.582. The molecule has 1 aromatic carbocycles. The van der Waals surface area contributed by atoms with Gasteiger partial charge in [-0.05, 0) is 17.9 Å². The molecule has 0 bridgehead atoms. The van der Waals surface area contributed by atoms with Crippen molar-refractivity contribution in [2.45, 2.75) is 26.2 Å². The summed E-state index contributed by atoms with van der Waals surface area (Å²) in [6.45, 7) is 4.48. The van der Waals surface area contributed by atoms with Crippen LogP contribution in [-0.2, 0) is 0 Å². The van der Waals surface area contributed by atoms with Crippen LogP contribution < -0.4 is 0 Å². The molecule has 0 spiro atoms. The predicted molar refractivity (Wildman–Crippen MR) is 45.1 cm³/mol. The Labute approximate surface area is 62.9 Å². The first kappa shape index (κ1) is 7.33. The van der Waals surface area contributed by atoms with Gasteiger partial charge >= 0.3 is 0 Å². The Morgan fingerprint density at radius 3 is 2.30 bits per heavy atom. The molecule has 0 heteroatoms. The second kappa shape index (κ2) is 3.40. The summed E-state index contributed by atoms with van der Waals surface area (Å²) in [4.78, 5) is 0. The molecule has 0 radical (unpaired) electrons. The Balaban J connectivity index is 2.75. The lowest BCUT2D eigenvalue weighted by Gasteiger charge is -2.06. The van der Waals surface area contributed by atoms with Crippen molar-refractivity contribution in [3.63, 3.8) is 0 Å². The van der Waals surface area contributed by atoms with Crippen LogP contribution in [-0.4, -0.2) is 0 Å². The third-order valence-electron chi connectivity index (χ3n) is 1.98. The van der Waals surface area contributed by atoms with E-state index in [2.05, 4.69) is 44.2 Å². The van der Waals surface area contributed by atoms with Crippen LogP contribution in [0.1, 0.15) is 31.7 Å². The molecule has 0 fully saturated rings. The molecule has 0 heterocycles. The van der Waals surface area contributed by atoms with Gasteiger partial charge in [-0.2, -0.15) is 0 Å². The molecule has 0 aliphatic carbocycles. The molecule has 1 aromatic rings. The van der Waals surface area contributed by atoms with Crippen LogP contribution in [0.25, 0.3) is 0 Å². The van der Waals surface area contributed by atoms with Gasteiger partial charge in [-0.1, -0.05) is 44.2 Å². The first-order chi connectivity index (χ1) is 4.84. The summed E-state index contributed by atoms with van der Waals surface area (Å²) in [5, 5.41) is 0. The molecule has 0 saturated heterocycles. The van der Waals surface area contributed by atoms with Crippen LogP contribution in [0, 0.1) is 0 Å². The molecule has 1 rings (SSSR count). The minimum Gasteiger partial charge on any atom is -0.0648 e. The van der Waals surface area contributed by atoms with Gasteiger partial charge in [0.25, 0.3) is 0 Å². The predicted octanol–water partition coefficient (Wildman–Crippen LogP) is 3.20. The zero-order valence-corrected chi connectivity index (χ0v) is 6.67. The highest BCUT2D eigenvalue weighted by Crippen LogP contribution is 2.16. The van der Waals surface area contributed by atoms with E-state index >= 15 is 0 Å². The monoisotopic (exact) mass is 134 g/mol. The van der Waals surface area contributed by atoms with E-state index < -0.39 is 0 Å². The molecule has 0 unspecified atom stereocenters. The second-order valence-electron chi connectivity index (χ2n) is 2.72. The summed E-state index contributed by atoms with van der Waals surface area (Å²) in [6.07, 6.45) is 1.23. The summed E-state index contributed by atoms with van der Waals surface area (Å²) in [6, 6.07) is 10.6. The molecule has 0 nitrogen and oxygen atoms in total. The lowest BCUT2D eigenvalue weighted by molar-refractivity contribution is 0.733. The first-order valence-electron chi connectivity index (χ1n) is 3.89. The van der Waals surface area contributed by atoms with Gasteiger partial charge in [0, 0.05) is 0 Å². The zero-order valence-electron chi connectivity index (χ0n) is 6.67. The van der Waals surface area contributed by atoms with Crippen molar-refractivity contribution in [2.75, 3.05) is 0 Å². The average molecular weight is 134 g/mol. The second-order valence-corrected chi connectivity index (χ2v) is 2.72. The summed E-state index contributed by atoms with van der Waals surface area (Å²) >= 11 is 0. The third-order valence-corrected chi connectivity index (χ3v) is 1.98. The molecule has 0 aromatic heterocycles. The first-order valence-corrected chi connectivity index (χ1v) is 3.89. The number of hydrogen-bond acceptors (Lipinski definition) is 0. The van der Waals surface area contributed by atoms with Crippen molar-refractivity contribution in [3.05, 3.63) is 35.9 Å². The minimum atomic E-state index is 0.709. The van der Waals surface area contributed by atoms with Gasteiger partial charge < -0.3 is 0 Å². The third kappa shape index (κ3) is 1.60. The van der Waals surface area contributed by atoms with Gasteiger partial charge in [0.2, 0.25) is 0 Å². The van der Waals surface area contributed by atoms with Crippen LogP contribution in [0.5, 0.6) is 0 Å². The molecule has 0 saturated carbocycles. The van der Waals surface area contributed by atoms with Crippen LogP contribution in [0.2, 0.25) is 0 Å². The zero-order chi connectivity index (χ0) is 7.40. The Hall–Kier alpha value is -0.780. The maximum Gasteiger partial charge on any atom is -0.0193 e. The normalized spacial score (nSPS) is 13.0. The van der Waals surface area contributed by atoms with E-state index in [-0.39, 0.29) is 0 Å². The van der Waals surface area contributed by atoms with Gasteiger partial charge in [-0.3, -0.25) is 0 Å². The molecular weight excluding hydrogens is 120 g/mol. The number of hydrogen-bond donors (Lipinski definition) is 0. The molecule has 0 aliphatic heterocycles. The van der Waals surface area contributed by atoms with Gasteiger partial charge in [0.15, 0.2) is 0 Å². The van der Waals surface area contributed by atoms with Crippen LogP contribution in [0.15, 0.2) is 30.3 Å². The van der Waals surface area contributed by atoms with Crippen molar-refractivity contribution in [1.82, 2.24) is 0 Å². The van der Waals surface area contributed by atoms with Crippen molar-refractivity contribution in [1.29, 1.82) is 0 Å². The molecule has 10 heavy (non-hydrogen) atoms. The van der Waals surface area contributed by atoms with Gasteiger partial charge in [0.05, 0.1) is 0 Å². The largest absolute Gasteiger partial charge is 0.0648 e. The average Bonchev–Trinajstić information content (AvgIpc) is 2.05. The van der Waals surface area contributed by atoms with E-state index in [0.29, 0.717) is 5.92 Å². The summed E-state index contributed by atoms with van der Waals surface area (Å²) in [7, 11) is 0. The molecule has 0 aliphatic rings. The SMILES string of the molecule is CC[C@H](C)c1ccccc1. The van der Waals surface area contributed by atoms with E-state index in [1.807, 2.05) is 0 Å². The van der Waals surface area contributed by atoms with E-state index in [9.17, 15) is 0 Å². The summed E-state index contributed by atoms with van der Waals surface area (Å²) in [5.74, 6) is 0.709. The number of rotatable bonds is 2. The smallest absolute Gasteiger partial charge is 0.0193 e. The van der Waals surface area contributed by atoms with Crippen molar-refractivity contribution in [2.24, 2.45) is 0 Å². The van der Waals surface area contributed by atoms with Crippen molar-refractivity contribution in [3.8, 4) is 0 Å². The van der Waals surface area contributed by atoms with Gasteiger partial charge in [0.1, 0.15) is 0 Å². The standard InChI is InChI=1S/C10H14/c1-3-9(2)10-7-5-4-6-8-10/h4-9H,3H2,1-2H3/t9-/m0/s1. The topological polar surface area (TPSA) is 0 Å². The van der Waals surface area contributed by atoms with E-state index in [1.54, 1.807) is 0 Å². The summed E-state index contributed by atoms with van der Waals surface area (Å²) in [5.41, 5.74) is 1.45. The van der Waals surface area contributed by atoms with E-state index in [1.165, 1.54) is 12.0 Å². The summed E-state index contributed by atoms with van der Waals surface area (Å²) < 4.78 is 0. The lowest BCUT2D eigenvalue weighted by atomic mass is 9.99. The molecular formula is C10H14. The van der Waals surface area contributed by atoms with Gasteiger partial charge in [-0.25, -0.2) is 0 Å². The van der Waals surface area contributed by atoms with Crippen molar-refractivity contribution < 1.29 is 0 Å². The fourth-order valence-electron chi connectivity index (χ4n) is 1.02. The Morgan fingerprint density at radius 2 is 1.80 bits per heavy atom. The Morgan fingerprint density at radius 1 is 1.20 bits per heavy atom.